The van der Waals surface area contributed by atoms with E-state index in [1.165, 1.54) is 6.07 Å². The summed E-state index contributed by atoms with van der Waals surface area (Å²) in [5, 5.41) is 2.57. The molecule has 19 heavy (non-hydrogen) atoms. The van der Waals surface area contributed by atoms with E-state index < -0.39 is 17.6 Å². The average molecular weight is 292 g/mol. The Morgan fingerprint density at radius 1 is 1.42 bits per heavy atom. The Hall–Kier alpha value is -1.37. The molecule has 0 aliphatic carbocycles. The Morgan fingerprint density at radius 2 is 2.11 bits per heavy atom. The van der Waals surface area contributed by atoms with Crippen molar-refractivity contribution in [1.82, 2.24) is 5.32 Å². The van der Waals surface area contributed by atoms with Crippen LogP contribution >= 0.6 is 11.8 Å². The van der Waals surface area contributed by atoms with Crippen molar-refractivity contribution >= 4 is 23.4 Å². The van der Waals surface area contributed by atoms with E-state index in [0.29, 0.717) is 6.54 Å². The van der Waals surface area contributed by atoms with Crippen molar-refractivity contribution in [2.75, 3.05) is 24.3 Å². The second-order valence-electron chi connectivity index (χ2n) is 3.90. The molecule has 0 saturated heterocycles. The molecule has 3 nitrogen and oxygen atoms in total. The average Bonchev–Trinajstić information content (AvgIpc) is 2.33. The summed E-state index contributed by atoms with van der Waals surface area (Å²) in [6.07, 6.45) is -1.84. The van der Waals surface area contributed by atoms with Crippen LogP contribution in [0.3, 0.4) is 0 Å². The second kappa shape index (κ2) is 6.70. The number of rotatable bonds is 5. The number of benzene rings is 1. The van der Waals surface area contributed by atoms with Gasteiger partial charge in [-0.2, -0.15) is 24.9 Å². The summed E-state index contributed by atoms with van der Waals surface area (Å²) >= 11 is 1.64. The number of anilines is 1. The minimum atomic E-state index is -4.56. The third kappa shape index (κ3) is 4.66. The van der Waals surface area contributed by atoms with Crippen molar-refractivity contribution in [3.63, 3.8) is 0 Å². The van der Waals surface area contributed by atoms with Crippen LogP contribution in [-0.2, 0) is 6.18 Å². The van der Waals surface area contributed by atoms with Crippen LogP contribution in [-0.4, -0.2) is 24.5 Å². The van der Waals surface area contributed by atoms with Crippen molar-refractivity contribution in [3.8, 4) is 0 Å². The Bertz CT molecular complexity index is 449. The fraction of sp³-hybridized carbons (Fsp3) is 0.417. The number of thioether (sulfide) groups is 1. The molecule has 0 atom stereocenters. The topological polar surface area (TPSA) is 55.1 Å². The third-order valence-corrected chi connectivity index (χ3v) is 3.13. The predicted molar refractivity (Wildman–Crippen MR) is 71.2 cm³/mol. The molecule has 0 aromatic heterocycles. The SMILES string of the molecule is CSCCCNC(=O)c1ccc(N)c(C(F)(F)F)c1. The summed E-state index contributed by atoms with van der Waals surface area (Å²) in [7, 11) is 0. The molecule has 0 heterocycles. The van der Waals surface area contributed by atoms with Crippen LogP contribution < -0.4 is 11.1 Å². The summed E-state index contributed by atoms with van der Waals surface area (Å²) in [4.78, 5) is 11.7. The fourth-order valence-electron chi connectivity index (χ4n) is 1.46. The number of nitrogens with one attached hydrogen (secondary N) is 1. The Labute approximate surface area is 113 Å². The molecule has 1 aromatic carbocycles. The van der Waals surface area contributed by atoms with Gasteiger partial charge in [0.1, 0.15) is 0 Å². The van der Waals surface area contributed by atoms with Crippen LogP contribution in [0.5, 0.6) is 0 Å². The molecule has 0 radical (unpaired) electrons. The smallest absolute Gasteiger partial charge is 0.398 e. The number of carbonyl (C=O) groups is 1. The zero-order valence-electron chi connectivity index (χ0n) is 10.4. The maximum absolute atomic E-state index is 12.6. The number of alkyl halides is 3. The highest BCUT2D eigenvalue weighted by Gasteiger charge is 2.33. The van der Waals surface area contributed by atoms with Crippen LogP contribution in [0.25, 0.3) is 0 Å². The van der Waals surface area contributed by atoms with E-state index in [1.54, 1.807) is 11.8 Å². The van der Waals surface area contributed by atoms with E-state index in [2.05, 4.69) is 5.32 Å². The van der Waals surface area contributed by atoms with Gasteiger partial charge in [-0.3, -0.25) is 4.79 Å². The van der Waals surface area contributed by atoms with Gasteiger partial charge in [0, 0.05) is 17.8 Å². The van der Waals surface area contributed by atoms with Crippen molar-refractivity contribution in [1.29, 1.82) is 0 Å². The molecule has 1 aromatic rings. The Balaban J connectivity index is 2.76. The zero-order chi connectivity index (χ0) is 14.5. The fourth-order valence-corrected chi connectivity index (χ4v) is 1.90. The van der Waals surface area contributed by atoms with Gasteiger partial charge < -0.3 is 11.1 Å². The zero-order valence-corrected chi connectivity index (χ0v) is 11.2. The lowest BCUT2D eigenvalue weighted by molar-refractivity contribution is -0.136. The van der Waals surface area contributed by atoms with Crippen LogP contribution in [0, 0.1) is 0 Å². The van der Waals surface area contributed by atoms with Gasteiger partial charge in [0.05, 0.1) is 5.56 Å². The number of hydrogen-bond acceptors (Lipinski definition) is 3. The first-order chi connectivity index (χ1) is 8.86. The molecule has 0 fully saturated rings. The standard InChI is InChI=1S/C12H15F3N2OS/c1-19-6-2-5-17-11(18)8-3-4-10(16)9(7-8)12(13,14)15/h3-4,7H,2,5-6,16H2,1H3,(H,17,18). The first kappa shape index (κ1) is 15.7. The highest BCUT2D eigenvalue weighted by molar-refractivity contribution is 7.98. The van der Waals surface area contributed by atoms with Crippen molar-refractivity contribution in [2.45, 2.75) is 12.6 Å². The van der Waals surface area contributed by atoms with Crippen LogP contribution in [0.4, 0.5) is 18.9 Å². The van der Waals surface area contributed by atoms with E-state index in [0.717, 1.165) is 24.3 Å². The summed E-state index contributed by atoms with van der Waals surface area (Å²) in [6.45, 7) is 0.436. The Morgan fingerprint density at radius 3 is 2.68 bits per heavy atom. The Kier molecular flexibility index (Phi) is 5.53. The normalized spacial score (nSPS) is 11.4. The molecule has 3 N–H and O–H groups in total. The largest absolute Gasteiger partial charge is 0.418 e. The molecule has 0 aliphatic heterocycles. The number of carbonyl (C=O) groups excluding carboxylic acids is 1. The molecule has 1 amide bonds. The third-order valence-electron chi connectivity index (χ3n) is 2.43. The number of nitrogen functional groups attached to an aromatic ring is 1. The molecule has 0 bridgehead atoms. The first-order valence-corrected chi connectivity index (χ1v) is 6.99. The van der Waals surface area contributed by atoms with Gasteiger partial charge in [-0.05, 0) is 36.6 Å². The van der Waals surface area contributed by atoms with Gasteiger partial charge in [0.25, 0.3) is 5.91 Å². The summed E-state index contributed by atoms with van der Waals surface area (Å²) in [5.74, 6) is 0.363. The maximum Gasteiger partial charge on any atom is 0.418 e. The van der Waals surface area contributed by atoms with Crippen molar-refractivity contribution in [3.05, 3.63) is 29.3 Å². The van der Waals surface area contributed by atoms with Crippen LogP contribution in [0.15, 0.2) is 18.2 Å². The van der Waals surface area contributed by atoms with Gasteiger partial charge >= 0.3 is 6.18 Å². The van der Waals surface area contributed by atoms with Gasteiger partial charge in [-0.25, -0.2) is 0 Å². The summed E-state index contributed by atoms with van der Waals surface area (Å²) < 4.78 is 37.9. The van der Waals surface area contributed by atoms with Gasteiger partial charge in [0.2, 0.25) is 0 Å². The molecule has 106 valence electrons. The van der Waals surface area contributed by atoms with E-state index in [1.807, 2.05) is 6.26 Å². The van der Waals surface area contributed by atoms with Crippen LogP contribution in [0.1, 0.15) is 22.3 Å². The van der Waals surface area contributed by atoms with Gasteiger partial charge in [-0.1, -0.05) is 0 Å². The summed E-state index contributed by atoms with van der Waals surface area (Å²) in [6, 6.07) is 3.16. The molecule has 0 unspecified atom stereocenters. The second-order valence-corrected chi connectivity index (χ2v) is 4.89. The lowest BCUT2D eigenvalue weighted by Crippen LogP contribution is -2.25. The maximum atomic E-state index is 12.6. The lowest BCUT2D eigenvalue weighted by atomic mass is 10.1. The molecular weight excluding hydrogens is 277 g/mol. The number of nitrogens with two attached hydrogens (primary N) is 1. The van der Waals surface area contributed by atoms with E-state index >= 15 is 0 Å². The first-order valence-electron chi connectivity index (χ1n) is 5.60. The van der Waals surface area contributed by atoms with E-state index in [-0.39, 0.29) is 11.3 Å². The minimum Gasteiger partial charge on any atom is -0.398 e. The van der Waals surface area contributed by atoms with E-state index in [4.69, 9.17) is 5.73 Å². The summed E-state index contributed by atoms with van der Waals surface area (Å²) in [5.41, 5.74) is 3.86. The van der Waals surface area contributed by atoms with Crippen molar-refractivity contribution in [2.24, 2.45) is 0 Å². The highest BCUT2D eigenvalue weighted by atomic mass is 32.2. The molecule has 0 saturated carbocycles. The lowest BCUT2D eigenvalue weighted by Gasteiger charge is -2.11. The number of amides is 1. The van der Waals surface area contributed by atoms with Gasteiger partial charge in [0.15, 0.2) is 0 Å². The minimum absolute atomic E-state index is 0.0364. The van der Waals surface area contributed by atoms with E-state index in [9.17, 15) is 18.0 Å². The predicted octanol–water partition coefficient (Wildman–Crippen LogP) is 2.77. The van der Waals surface area contributed by atoms with Gasteiger partial charge in [-0.15, -0.1) is 0 Å². The quantitative estimate of drug-likeness (QED) is 0.648. The molecule has 7 heteroatoms. The molecule has 1 rings (SSSR count). The van der Waals surface area contributed by atoms with Crippen molar-refractivity contribution < 1.29 is 18.0 Å². The molecule has 0 aliphatic rings. The number of halogens is 3. The molecule has 0 spiro atoms. The number of hydrogen-bond donors (Lipinski definition) is 2. The monoisotopic (exact) mass is 292 g/mol. The molecular formula is C12H15F3N2OS. The van der Waals surface area contributed by atoms with Crippen LogP contribution in [0.2, 0.25) is 0 Å². The highest BCUT2D eigenvalue weighted by Crippen LogP contribution is 2.33.